The van der Waals surface area contributed by atoms with E-state index in [1.807, 2.05) is 25.1 Å². The molecule has 0 saturated carbocycles. The number of aryl methyl sites for hydroxylation is 1. The highest BCUT2D eigenvalue weighted by Crippen LogP contribution is 2.43. The summed E-state index contributed by atoms with van der Waals surface area (Å²) >= 11 is 0. The summed E-state index contributed by atoms with van der Waals surface area (Å²) in [5, 5.41) is 1.25. The zero-order valence-corrected chi connectivity index (χ0v) is 18.5. The second-order valence-corrected chi connectivity index (χ2v) is 8.63. The van der Waals surface area contributed by atoms with Gasteiger partial charge in [0.25, 0.3) is 0 Å². The quantitative estimate of drug-likeness (QED) is 0.553. The van der Waals surface area contributed by atoms with E-state index in [0.29, 0.717) is 13.0 Å². The first-order valence-electron chi connectivity index (χ1n) is 10.5. The largest absolute Gasteiger partial charge is 0.464 e. The van der Waals surface area contributed by atoms with Crippen LogP contribution >= 0.6 is 12.4 Å². The molecule has 2 aliphatic heterocycles. The molecule has 156 valence electrons. The van der Waals surface area contributed by atoms with Gasteiger partial charge in [-0.3, -0.25) is 4.99 Å². The Labute approximate surface area is 183 Å². The van der Waals surface area contributed by atoms with Gasteiger partial charge < -0.3 is 9.30 Å². The number of halogens is 1. The summed E-state index contributed by atoms with van der Waals surface area (Å²) in [4.78, 5) is 17.6. The molecule has 5 heteroatoms. The number of esters is 1. The molecule has 0 amide bonds. The zero-order valence-electron chi connectivity index (χ0n) is 17.6. The molecule has 1 unspecified atom stereocenters. The number of hydrogen-bond donors (Lipinski definition) is 0. The van der Waals surface area contributed by atoms with Crippen molar-refractivity contribution < 1.29 is 9.53 Å². The monoisotopic (exact) mass is 422 g/mol. The molecule has 1 atom stereocenters. The van der Waals surface area contributed by atoms with E-state index in [0.717, 1.165) is 24.2 Å². The molecule has 30 heavy (non-hydrogen) atoms. The third kappa shape index (κ3) is 3.05. The molecule has 0 fully saturated rings. The Morgan fingerprint density at radius 3 is 2.67 bits per heavy atom. The van der Waals surface area contributed by atoms with Gasteiger partial charge in [-0.05, 0) is 29.9 Å². The average molecular weight is 423 g/mol. The van der Waals surface area contributed by atoms with Gasteiger partial charge in [0.15, 0.2) is 6.04 Å². The number of ether oxygens (including phenoxy) is 1. The van der Waals surface area contributed by atoms with E-state index in [2.05, 4.69) is 48.7 Å². The fraction of sp³-hybridized carbons (Fsp3) is 0.360. The lowest BCUT2D eigenvalue weighted by Gasteiger charge is -2.32. The molecule has 3 heterocycles. The minimum atomic E-state index is -0.492. The van der Waals surface area contributed by atoms with E-state index in [4.69, 9.17) is 9.73 Å². The fourth-order valence-corrected chi connectivity index (χ4v) is 4.89. The standard InChI is InChI=1S/C25H26N2O2.ClH/c1-4-29-24(28)20-15-18-17-11-8-12-19-22(17)27(14-13-25(19,2)3)23(18)21(26-20)16-9-6-5-7-10-16;/h5-12,20H,4,13-15H2,1-3H3;1H. The fourth-order valence-electron chi connectivity index (χ4n) is 4.89. The maximum absolute atomic E-state index is 12.6. The van der Waals surface area contributed by atoms with Crippen LogP contribution in [0, 0.1) is 0 Å². The first-order valence-corrected chi connectivity index (χ1v) is 10.5. The number of rotatable bonds is 3. The lowest BCUT2D eigenvalue weighted by atomic mass is 9.78. The van der Waals surface area contributed by atoms with Gasteiger partial charge in [-0.2, -0.15) is 0 Å². The third-order valence-corrected chi connectivity index (χ3v) is 6.39. The van der Waals surface area contributed by atoms with Crippen LogP contribution < -0.4 is 0 Å². The van der Waals surface area contributed by atoms with Gasteiger partial charge in [-0.1, -0.05) is 62.4 Å². The van der Waals surface area contributed by atoms with Crippen molar-refractivity contribution >= 4 is 35.0 Å². The van der Waals surface area contributed by atoms with Gasteiger partial charge in [-0.25, -0.2) is 4.79 Å². The van der Waals surface area contributed by atoms with Gasteiger partial charge in [0.05, 0.1) is 23.5 Å². The summed E-state index contributed by atoms with van der Waals surface area (Å²) in [6, 6.07) is 16.3. The number of benzene rings is 2. The molecule has 4 nitrogen and oxygen atoms in total. The first-order chi connectivity index (χ1) is 14.0. The number of aliphatic imine (C=N–C) groups is 1. The maximum atomic E-state index is 12.6. The maximum Gasteiger partial charge on any atom is 0.331 e. The Morgan fingerprint density at radius 1 is 1.17 bits per heavy atom. The number of carbonyl (C=O) groups excluding carboxylic acids is 1. The molecule has 0 radical (unpaired) electrons. The van der Waals surface area contributed by atoms with Crippen LogP contribution in [0.25, 0.3) is 10.9 Å². The molecule has 0 spiro atoms. The van der Waals surface area contributed by atoms with Crippen LogP contribution in [-0.4, -0.2) is 28.9 Å². The van der Waals surface area contributed by atoms with Crippen molar-refractivity contribution in [3.8, 4) is 0 Å². The van der Waals surface area contributed by atoms with E-state index in [1.54, 1.807) is 0 Å². The van der Waals surface area contributed by atoms with Gasteiger partial charge >= 0.3 is 5.97 Å². The number of fused-ring (bicyclic) bond motifs is 3. The van der Waals surface area contributed by atoms with Gasteiger partial charge in [0.2, 0.25) is 0 Å². The molecule has 0 N–H and O–H groups in total. The summed E-state index contributed by atoms with van der Waals surface area (Å²) in [5.74, 6) is -0.237. The van der Waals surface area contributed by atoms with Crippen LogP contribution in [0.1, 0.15) is 49.6 Å². The topological polar surface area (TPSA) is 43.6 Å². The lowest BCUT2D eigenvalue weighted by Crippen LogP contribution is -2.32. The Morgan fingerprint density at radius 2 is 1.93 bits per heavy atom. The van der Waals surface area contributed by atoms with Crippen LogP contribution in [0.15, 0.2) is 53.5 Å². The number of carbonyl (C=O) groups is 1. The summed E-state index contributed by atoms with van der Waals surface area (Å²) < 4.78 is 7.79. The predicted octanol–water partition coefficient (Wildman–Crippen LogP) is 5.07. The molecule has 5 rings (SSSR count). The molecule has 3 aromatic rings. The molecule has 2 aromatic carbocycles. The van der Waals surface area contributed by atoms with Crippen molar-refractivity contribution in [2.75, 3.05) is 6.61 Å². The second kappa shape index (κ2) is 7.59. The number of para-hydroxylation sites is 1. The summed E-state index contributed by atoms with van der Waals surface area (Å²) in [7, 11) is 0. The van der Waals surface area contributed by atoms with Crippen molar-refractivity contribution in [2.24, 2.45) is 4.99 Å². The van der Waals surface area contributed by atoms with E-state index in [-0.39, 0.29) is 23.8 Å². The lowest BCUT2D eigenvalue weighted by molar-refractivity contribution is -0.144. The molecule has 1 aromatic heterocycles. The van der Waals surface area contributed by atoms with Gasteiger partial charge in [0, 0.05) is 23.9 Å². The van der Waals surface area contributed by atoms with Crippen LogP contribution in [0.3, 0.4) is 0 Å². The van der Waals surface area contributed by atoms with Crippen molar-refractivity contribution in [2.45, 2.75) is 51.6 Å². The number of hydrogen-bond acceptors (Lipinski definition) is 3. The molecule has 0 saturated heterocycles. The normalized spacial score (nSPS) is 18.9. The van der Waals surface area contributed by atoms with Crippen LogP contribution in [0.4, 0.5) is 0 Å². The Kier molecular flexibility index (Phi) is 5.23. The van der Waals surface area contributed by atoms with Crippen molar-refractivity contribution in [1.82, 2.24) is 4.57 Å². The molecule has 0 bridgehead atoms. The molecular formula is C25H27ClN2O2. The molecule has 0 aliphatic carbocycles. The van der Waals surface area contributed by atoms with Gasteiger partial charge in [0.1, 0.15) is 0 Å². The van der Waals surface area contributed by atoms with E-state index in [9.17, 15) is 4.79 Å². The second-order valence-electron chi connectivity index (χ2n) is 8.63. The minimum absolute atomic E-state index is 0. The van der Waals surface area contributed by atoms with Gasteiger partial charge in [-0.15, -0.1) is 12.4 Å². The summed E-state index contributed by atoms with van der Waals surface area (Å²) in [5.41, 5.74) is 7.19. The highest BCUT2D eigenvalue weighted by atomic mass is 35.5. The van der Waals surface area contributed by atoms with Crippen molar-refractivity contribution in [3.05, 3.63) is 70.9 Å². The Bertz CT molecular complexity index is 1140. The Balaban J connectivity index is 0.00000218. The average Bonchev–Trinajstić information content (AvgIpc) is 3.06. The van der Waals surface area contributed by atoms with E-state index in [1.165, 1.54) is 27.7 Å². The van der Waals surface area contributed by atoms with Crippen LogP contribution in [0.2, 0.25) is 0 Å². The summed E-state index contributed by atoms with van der Waals surface area (Å²) in [6.07, 6.45) is 1.68. The minimum Gasteiger partial charge on any atom is -0.464 e. The molecule has 2 aliphatic rings. The van der Waals surface area contributed by atoms with Crippen LogP contribution in [0.5, 0.6) is 0 Å². The molecular weight excluding hydrogens is 396 g/mol. The number of nitrogens with zero attached hydrogens (tertiary/aromatic N) is 2. The first kappa shape index (κ1) is 20.7. The van der Waals surface area contributed by atoms with Crippen molar-refractivity contribution in [1.29, 1.82) is 0 Å². The van der Waals surface area contributed by atoms with E-state index >= 15 is 0 Å². The Hall–Kier alpha value is -2.59. The zero-order chi connectivity index (χ0) is 20.2. The van der Waals surface area contributed by atoms with E-state index < -0.39 is 6.04 Å². The highest BCUT2D eigenvalue weighted by molar-refractivity contribution is 6.17. The smallest absolute Gasteiger partial charge is 0.331 e. The van der Waals surface area contributed by atoms with Crippen LogP contribution in [-0.2, 0) is 27.9 Å². The SMILES string of the molecule is CCOC(=O)C1Cc2c(n3c4c(cccc24)C(C)(C)CC3)C(c2ccccc2)=N1.Cl. The third-order valence-electron chi connectivity index (χ3n) is 6.39. The highest BCUT2D eigenvalue weighted by Gasteiger charge is 2.37. The number of aromatic nitrogens is 1. The van der Waals surface area contributed by atoms with Crippen molar-refractivity contribution in [3.63, 3.8) is 0 Å². The summed E-state index contributed by atoms with van der Waals surface area (Å²) in [6.45, 7) is 7.83. The predicted molar refractivity (Wildman–Crippen MR) is 123 cm³/mol.